The Labute approximate surface area is 417 Å². The SMILES string of the molecule is CCO[C@@H](c1ncc(Cl)cn1)[C@@H](C)S(N)(=O)=O.CCO[C@@H](c1ncc(Cl)cn1)[C@H](C)S(N)(=O)=O.CCO[C@H](c1ncc(Cl)cn1)[C@@H](C)S(N)(=O)=O.CCO[C@H](c1ncc(Cl)cn1)[C@H](C)S(N)(=O)=O. The number of hydrogen-bond acceptors (Lipinski definition) is 20. The zero-order valence-electron chi connectivity index (χ0n) is 38.0. The van der Waals surface area contributed by atoms with Crippen molar-refractivity contribution < 1.29 is 52.6 Å². The van der Waals surface area contributed by atoms with Gasteiger partial charge in [-0.3, -0.25) is 0 Å². The highest BCUT2D eigenvalue weighted by atomic mass is 35.5. The Bertz CT molecular complexity index is 2210. The number of ether oxygens (including phenoxy) is 4. The molecule has 0 aromatic carbocycles. The highest BCUT2D eigenvalue weighted by Crippen LogP contribution is 2.26. The van der Waals surface area contributed by atoms with E-state index in [0.29, 0.717) is 46.5 Å². The minimum Gasteiger partial charge on any atom is -0.369 e. The Morgan fingerprint density at radius 1 is 0.368 bits per heavy atom. The van der Waals surface area contributed by atoms with Crippen molar-refractivity contribution in [1.29, 1.82) is 0 Å². The molecule has 0 saturated heterocycles. The fraction of sp³-hybridized carbons (Fsp3) is 0.556. The second-order valence-corrected chi connectivity index (χ2v) is 23.2. The molecule has 8 N–H and O–H groups in total. The van der Waals surface area contributed by atoms with Gasteiger partial charge in [0, 0.05) is 76.0 Å². The Hall–Kier alpha value is -3.04. The van der Waals surface area contributed by atoms with Crippen molar-refractivity contribution in [3.63, 3.8) is 0 Å². The molecule has 8 atom stereocenters. The summed E-state index contributed by atoms with van der Waals surface area (Å²) >= 11 is 22.6. The zero-order valence-corrected chi connectivity index (χ0v) is 44.3. The molecule has 384 valence electrons. The van der Waals surface area contributed by atoms with Crippen LogP contribution in [0.5, 0.6) is 0 Å². The van der Waals surface area contributed by atoms with Gasteiger partial charge in [-0.25, -0.2) is 94.1 Å². The molecule has 0 aliphatic heterocycles. The lowest BCUT2D eigenvalue weighted by molar-refractivity contribution is 0.0555. The number of sulfonamides is 4. The summed E-state index contributed by atoms with van der Waals surface area (Å²) in [7, 11) is -14.9. The van der Waals surface area contributed by atoms with Gasteiger partial charge in [0.25, 0.3) is 0 Å². The monoisotopic (exact) mass is 1120 g/mol. The van der Waals surface area contributed by atoms with E-state index < -0.39 is 85.5 Å². The van der Waals surface area contributed by atoms with Gasteiger partial charge >= 0.3 is 0 Å². The molecule has 4 aromatic rings. The number of nitrogens with two attached hydrogens (primary N) is 4. The summed E-state index contributed by atoms with van der Waals surface area (Å²) < 4.78 is 112. The average Bonchev–Trinajstić information content (AvgIpc) is 3.26. The summed E-state index contributed by atoms with van der Waals surface area (Å²) in [5, 5.41) is 18.1. The fourth-order valence-corrected chi connectivity index (χ4v) is 7.53. The number of rotatable bonds is 20. The fourth-order valence-electron chi connectivity index (χ4n) is 4.96. The molecule has 4 aromatic heterocycles. The van der Waals surface area contributed by atoms with E-state index >= 15 is 0 Å². The van der Waals surface area contributed by atoms with E-state index in [1.807, 2.05) is 0 Å². The molecule has 4 heterocycles. The van der Waals surface area contributed by atoms with Crippen LogP contribution in [-0.4, -0.2) is 121 Å². The van der Waals surface area contributed by atoms with E-state index in [0.717, 1.165) is 0 Å². The van der Waals surface area contributed by atoms with Crippen LogP contribution in [-0.2, 0) is 59.0 Å². The number of hydrogen-bond donors (Lipinski definition) is 4. The van der Waals surface area contributed by atoms with Gasteiger partial charge in [0.15, 0.2) is 23.3 Å². The van der Waals surface area contributed by atoms with Crippen molar-refractivity contribution in [2.45, 2.75) is 101 Å². The molecule has 0 bridgehead atoms. The molecule has 4 rings (SSSR count). The molecular formula is C36H56Cl4N12O12S4. The van der Waals surface area contributed by atoms with Crippen LogP contribution in [0.25, 0.3) is 0 Å². The van der Waals surface area contributed by atoms with Crippen LogP contribution in [0.3, 0.4) is 0 Å². The third kappa shape index (κ3) is 21.9. The molecule has 0 amide bonds. The van der Waals surface area contributed by atoms with E-state index in [-0.39, 0.29) is 23.3 Å². The van der Waals surface area contributed by atoms with E-state index in [9.17, 15) is 33.7 Å². The normalized spacial score (nSPS) is 15.5. The molecule has 68 heavy (non-hydrogen) atoms. The summed E-state index contributed by atoms with van der Waals surface area (Å²) in [6, 6.07) is 0. The van der Waals surface area contributed by atoms with Crippen LogP contribution in [0, 0.1) is 0 Å². The van der Waals surface area contributed by atoms with Gasteiger partial charge in [0.05, 0.1) is 20.1 Å². The van der Waals surface area contributed by atoms with Crippen molar-refractivity contribution >= 4 is 86.5 Å². The quantitative estimate of drug-likeness (QED) is 0.0983. The first-order valence-electron chi connectivity index (χ1n) is 19.9. The first kappa shape index (κ1) is 63.0. The Kier molecular flexibility index (Phi) is 27.2. The van der Waals surface area contributed by atoms with Crippen LogP contribution < -0.4 is 20.6 Å². The molecule has 0 unspecified atom stereocenters. The summed E-state index contributed by atoms with van der Waals surface area (Å²) in [4.78, 5) is 31.6. The molecule has 0 spiro atoms. The molecule has 0 aliphatic rings. The number of nitrogens with zero attached hydrogens (tertiary/aromatic N) is 8. The maximum Gasteiger partial charge on any atom is 0.214 e. The van der Waals surface area contributed by atoms with Gasteiger partial charge < -0.3 is 18.9 Å². The highest BCUT2D eigenvalue weighted by molar-refractivity contribution is 7.90. The van der Waals surface area contributed by atoms with Crippen molar-refractivity contribution in [3.05, 3.63) is 93.0 Å². The van der Waals surface area contributed by atoms with E-state index in [1.54, 1.807) is 27.7 Å². The summed E-state index contributed by atoms with van der Waals surface area (Å²) in [6.07, 6.45) is 7.85. The Balaban J connectivity index is 0.000000453. The van der Waals surface area contributed by atoms with Gasteiger partial charge in [-0.1, -0.05) is 46.4 Å². The van der Waals surface area contributed by atoms with Crippen molar-refractivity contribution in [2.24, 2.45) is 20.6 Å². The Morgan fingerprint density at radius 2 is 0.500 bits per heavy atom. The lowest BCUT2D eigenvalue weighted by atomic mass is 10.2. The molecule has 0 aliphatic carbocycles. The van der Waals surface area contributed by atoms with Crippen LogP contribution in [0.1, 0.15) is 103 Å². The predicted molar refractivity (Wildman–Crippen MR) is 256 cm³/mol. The summed E-state index contributed by atoms with van der Waals surface area (Å²) in [5.74, 6) is 0.992. The van der Waals surface area contributed by atoms with Gasteiger partial charge in [0.2, 0.25) is 40.1 Å². The second kappa shape index (κ2) is 29.3. The zero-order chi connectivity index (χ0) is 52.2. The molecule has 0 fully saturated rings. The van der Waals surface area contributed by atoms with Gasteiger partial charge in [0.1, 0.15) is 45.4 Å². The summed E-state index contributed by atoms with van der Waals surface area (Å²) in [5.41, 5.74) is 0. The van der Waals surface area contributed by atoms with Gasteiger partial charge in [-0.05, 0) is 55.4 Å². The average molecular weight is 1120 g/mol. The van der Waals surface area contributed by atoms with Crippen LogP contribution in [0.15, 0.2) is 49.6 Å². The molecule has 32 heteroatoms. The molecular weight excluding hydrogens is 1060 g/mol. The Morgan fingerprint density at radius 3 is 0.603 bits per heavy atom. The largest absolute Gasteiger partial charge is 0.369 e. The smallest absolute Gasteiger partial charge is 0.214 e. The first-order valence-corrected chi connectivity index (χ1v) is 27.8. The topological polar surface area (TPSA) is 381 Å². The molecule has 0 saturated carbocycles. The van der Waals surface area contributed by atoms with Crippen molar-refractivity contribution in [1.82, 2.24) is 39.9 Å². The lowest BCUT2D eigenvalue weighted by Crippen LogP contribution is -2.33. The van der Waals surface area contributed by atoms with Crippen molar-refractivity contribution in [3.8, 4) is 0 Å². The van der Waals surface area contributed by atoms with Crippen LogP contribution in [0.4, 0.5) is 0 Å². The highest BCUT2D eigenvalue weighted by Gasteiger charge is 2.33. The standard InChI is InChI=1S/4C9H14ClN3O3S/c4*1-3-16-8(6(2)17(11,14)15)9-12-4-7(10)5-13-9/h4*4-6,8H,3H2,1-2H3,(H2,11,14,15)/t2*6-,8+;2*6-,8-/m1010/s1. The van der Waals surface area contributed by atoms with Crippen LogP contribution >= 0.6 is 46.4 Å². The maximum absolute atomic E-state index is 11.3. The molecule has 0 radical (unpaired) electrons. The minimum atomic E-state index is -3.72. The van der Waals surface area contributed by atoms with E-state index in [1.165, 1.54) is 77.3 Å². The first-order chi connectivity index (χ1) is 31.4. The number of primary sulfonamides is 4. The van der Waals surface area contributed by atoms with E-state index in [4.69, 9.17) is 85.9 Å². The predicted octanol–water partition coefficient (Wildman–Crippen LogP) is 3.54. The molecule has 24 nitrogen and oxygen atoms in total. The minimum absolute atomic E-state index is 0.248. The second-order valence-electron chi connectivity index (χ2n) is 13.7. The third-order valence-electron chi connectivity index (χ3n) is 8.74. The van der Waals surface area contributed by atoms with E-state index in [2.05, 4.69) is 39.9 Å². The van der Waals surface area contributed by atoms with Crippen LogP contribution in [0.2, 0.25) is 20.1 Å². The number of halogens is 4. The third-order valence-corrected chi connectivity index (χ3v) is 14.7. The van der Waals surface area contributed by atoms with Gasteiger partial charge in [-0.15, -0.1) is 0 Å². The van der Waals surface area contributed by atoms with Gasteiger partial charge in [-0.2, -0.15) is 0 Å². The number of aromatic nitrogens is 8. The maximum atomic E-state index is 11.3. The van der Waals surface area contributed by atoms with Crippen molar-refractivity contribution in [2.75, 3.05) is 26.4 Å². The summed E-state index contributed by atoms with van der Waals surface area (Å²) in [6.45, 7) is 14.1. The lowest BCUT2D eigenvalue weighted by Gasteiger charge is -2.20.